The van der Waals surface area contributed by atoms with E-state index in [2.05, 4.69) is 16.0 Å². The average molecular weight is 549 g/mol. The number of rotatable bonds is 9. The van der Waals surface area contributed by atoms with Crippen molar-refractivity contribution in [1.29, 1.82) is 0 Å². The summed E-state index contributed by atoms with van der Waals surface area (Å²) in [7, 11) is 1.56. The number of hydrogen-bond donors (Lipinski definition) is 4. The van der Waals surface area contributed by atoms with Crippen LogP contribution in [-0.4, -0.2) is 65.2 Å². The number of carboxylic acids is 1. The lowest BCUT2D eigenvalue weighted by molar-refractivity contribution is -0.139. The molecule has 1 aliphatic rings. The van der Waals surface area contributed by atoms with Gasteiger partial charge in [0.1, 0.15) is 11.6 Å². The van der Waals surface area contributed by atoms with Crippen molar-refractivity contribution < 1.29 is 41.8 Å². The zero-order valence-corrected chi connectivity index (χ0v) is 21.4. The normalized spacial score (nSPS) is 17.6. The Kier molecular flexibility index (Phi) is 9.84. The van der Waals surface area contributed by atoms with Gasteiger partial charge in [-0.05, 0) is 27.2 Å². The quantitative estimate of drug-likeness (QED) is 0.211. The van der Waals surface area contributed by atoms with E-state index in [0.717, 1.165) is 5.49 Å². The maximum atomic E-state index is 14.3. The molecule has 0 saturated carbocycles. The SMILES string of the molecule is CN1CC(c2c(F)c(F)cc(F)c2F)C/C1=C(\CC(=O)NCC(NC(=O)OC(C)(C)C)C(=O)O)NC=S. The first-order chi connectivity index (χ1) is 17.1. The van der Waals surface area contributed by atoms with Gasteiger partial charge in [0.15, 0.2) is 23.3 Å². The van der Waals surface area contributed by atoms with E-state index in [1.807, 2.05) is 0 Å². The molecule has 4 N–H and O–H groups in total. The van der Waals surface area contributed by atoms with Gasteiger partial charge in [0, 0.05) is 49.1 Å². The molecule has 2 unspecified atom stereocenters. The van der Waals surface area contributed by atoms with Gasteiger partial charge in [-0.3, -0.25) is 4.79 Å². The predicted molar refractivity (Wildman–Crippen MR) is 128 cm³/mol. The van der Waals surface area contributed by atoms with E-state index >= 15 is 0 Å². The Hall–Kier alpha value is -3.42. The second kappa shape index (κ2) is 12.2. The third kappa shape index (κ3) is 8.03. The van der Waals surface area contributed by atoms with Gasteiger partial charge in [-0.2, -0.15) is 0 Å². The van der Waals surface area contributed by atoms with Crippen molar-refractivity contribution in [3.63, 3.8) is 0 Å². The van der Waals surface area contributed by atoms with Gasteiger partial charge in [-0.15, -0.1) is 0 Å². The molecule has 2 amide bonds. The smallest absolute Gasteiger partial charge is 0.408 e. The van der Waals surface area contributed by atoms with Crippen LogP contribution in [0, 0.1) is 23.3 Å². The van der Waals surface area contributed by atoms with Gasteiger partial charge in [0.25, 0.3) is 0 Å². The molecular formula is C23H28F4N4O5S. The minimum atomic E-state index is -1.52. The van der Waals surface area contributed by atoms with Crippen molar-refractivity contribution in [1.82, 2.24) is 20.9 Å². The van der Waals surface area contributed by atoms with Crippen LogP contribution in [-0.2, 0) is 14.3 Å². The van der Waals surface area contributed by atoms with Crippen molar-refractivity contribution >= 4 is 35.7 Å². The Morgan fingerprint density at radius 3 is 2.32 bits per heavy atom. The summed E-state index contributed by atoms with van der Waals surface area (Å²) in [5, 5.41) is 16.6. The molecule has 1 aromatic rings. The molecule has 0 spiro atoms. The number of carbonyl (C=O) groups excluding carboxylic acids is 2. The summed E-state index contributed by atoms with van der Waals surface area (Å²) in [5.41, 5.74) is 0.152. The molecule has 0 aliphatic carbocycles. The second-order valence-electron chi connectivity index (χ2n) is 9.37. The summed E-state index contributed by atoms with van der Waals surface area (Å²) < 4.78 is 61.1. The minimum Gasteiger partial charge on any atom is -0.480 e. The Labute approximate surface area is 216 Å². The van der Waals surface area contributed by atoms with Gasteiger partial charge >= 0.3 is 12.1 Å². The number of halogens is 4. The minimum absolute atomic E-state index is 0.00279. The third-order valence-corrected chi connectivity index (χ3v) is 5.48. The first kappa shape index (κ1) is 29.8. The number of hydrogen-bond acceptors (Lipinski definition) is 6. The van der Waals surface area contributed by atoms with Crippen LogP contribution in [0.3, 0.4) is 0 Å². The van der Waals surface area contributed by atoms with Gasteiger partial charge < -0.3 is 30.7 Å². The number of carbonyl (C=O) groups is 3. The van der Waals surface area contributed by atoms with Crippen LogP contribution in [0.25, 0.3) is 0 Å². The summed E-state index contributed by atoms with van der Waals surface area (Å²) in [4.78, 5) is 37.5. The number of aliphatic carboxylic acids is 1. The fourth-order valence-corrected chi connectivity index (χ4v) is 3.93. The molecule has 1 heterocycles. The van der Waals surface area contributed by atoms with E-state index < -0.39 is 70.9 Å². The summed E-state index contributed by atoms with van der Waals surface area (Å²) in [6.45, 7) is 4.32. The molecule has 2 atom stereocenters. The standard InChI is InChI=1S/C23H28F4N4O5S/c1-23(2,3)36-22(35)30-15(21(33)34)8-28-17(32)7-14(29-10-37)16-5-11(9-31(16)4)18-19(26)12(24)6-13(25)20(18)27/h6,10-11,15H,5,7-9H2,1-4H3,(H,28,32)(H,29,37)(H,30,35)(H,33,34)/b16-14-. The number of likely N-dealkylation sites (tertiary alicyclic amines) is 1. The van der Waals surface area contributed by atoms with Crippen molar-refractivity contribution in [3.05, 3.63) is 46.3 Å². The van der Waals surface area contributed by atoms with Crippen molar-refractivity contribution in [2.75, 3.05) is 20.1 Å². The lowest BCUT2D eigenvalue weighted by Crippen LogP contribution is -2.49. The van der Waals surface area contributed by atoms with Crippen molar-refractivity contribution in [2.24, 2.45) is 0 Å². The van der Waals surface area contributed by atoms with E-state index in [-0.39, 0.29) is 31.1 Å². The molecule has 1 fully saturated rings. The maximum absolute atomic E-state index is 14.3. The second-order valence-corrected chi connectivity index (χ2v) is 9.60. The zero-order valence-electron chi connectivity index (χ0n) is 20.6. The molecule has 0 bridgehead atoms. The number of thiocarbonyl (C=S) groups is 1. The number of alkyl carbamates (subject to hydrolysis) is 1. The Balaban J connectivity index is 2.16. The van der Waals surface area contributed by atoms with E-state index in [9.17, 15) is 37.1 Å². The predicted octanol–water partition coefficient (Wildman–Crippen LogP) is 2.90. The van der Waals surface area contributed by atoms with Crippen LogP contribution in [0.1, 0.15) is 45.1 Å². The number of allylic oxidation sites excluding steroid dienone is 1. The molecule has 37 heavy (non-hydrogen) atoms. The van der Waals surface area contributed by atoms with E-state index in [1.165, 1.54) is 0 Å². The topological polar surface area (TPSA) is 120 Å². The Bertz CT molecular complexity index is 1080. The van der Waals surface area contributed by atoms with Gasteiger partial charge in [0.2, 0.25) is 5.91 Å². The molecule has 9 nitrogen and oxygen atoms in total. The number of amides is 2. The van der Waals surface area contributed by atoms with Crippen LogP contribution in [0.5, 0.6) is 0 Å². The molecule has 0 radical (unpaired) electrons. The fraction of sp³-hybridized carbons (Fsp3) is 0.478. The molecular weight excluding hydrogens is 520 g/mol. The first-order valence-corrected chi connectivity index (χ1v) is 11.6. The summed E-state index contributed by atoms with van der Waals surface area (Å²) >= 11 is 4.81. The maximum Gasteiger partial charge on any atom is 0.408 e. The highest BCUT2D eigenvalue weighted by molar-refractivity contribution is 7.78. The monoisotopic (exact) mass is 548 g/mol. The van der Waals surface area contributed by atoms with Gasteiger partial charge in [-0.25, -0.2) is 27.2 Å². The highest BCUT2D eigenvalue weighted by atomic mass is 32.1. The molecule has 1 aliphatic heterocycles. The number of benzene rings is 1. The molecule has 1 aromatic carbocycles. The first-order valence-electron chi connectivity index (χ1n) is 11.1. The molecule has 2 rings (SSSR count). The zero-order chi connectivity index (χ0) is 28.1. The average Bonchev–Trinajstić information content (AvgIpc) is 3.14. The number of carboxylic acid groups (broad SMARTS) is 1. The number of nitrogens with one attached hydrogen (secondary N) is 3. The summed E-state index contributed by atoms with van der Waals surface area (Å²) in [6, 6.07) is -1.35. The molecule has 204 valence electrons. The summed E-state index contributed by atoms with van der Waals surface area (Å²) in [5.74, 6) is -9.03. The Morgan fingerprint density at radius 1 is 1.22 bits per heavy atom. The van der Waals surface area contributed by atoms with Crippen LogP contribution < -0.4 is 16.0 Å². The fourth-order valence-electron chi connectivity index (χ4n) is 3.79. The van der Waals surface area contributed by atoms with Crippen LogP contribution >= 0.6 is 12.2 Å². The third-order valence-electron chi connectivity index (χ3n) is 5.36. The Morgan fingerprint density at radius 2 is 1.81 bits per heavy atom. The number of likely N-dealkylation sites (N-methyl/N-ethyl adjacent to an activating group) is 1. The number of nitrogens with zero attached hydrogens (tertiary/aromatic N) is 1. The molecule has 14 heteroatoms. The lowest BCUT2D eigenvalue weighted by atomic mass is 9.95. The van der Waals surface area contributed by atoms with E-state index in [1.54, 1.807) is 32.7 Å². The van der Waals surface area contributed by atoms with Crippen LogP contribution in [0.2, 0.25) is 0 Å². The highest BCUT2D eigenvalue weighted by Gasteiger charge is 2.34. The van der Waals surface area contributed by atoms with Crippen LogP contribution in [0.15, 0.2) is 17.5 Å². The van der Waals surface area contributed by atoms with Crippen molar-refractivity contribution in [2.45, 2.75) is 51.2 Å². The van der Waals surface area contributed by atoms with Crippen LogP contribution in [0.4, 0.5) is 22.4 Å². The largest absolute Gasteiger partial charge is 0.480 e. The van der Waals surface area contributed by atoms with Crippen molar-refractivity contribution in [3.8, 4) is 0 Å². The van der Waals surface area contributed by atoms with E-state index in [4.69, 9.17) is 17.0 Å². The highest BCUT2D eigenvalue weighted by Crippen LogP contribution is 2.38. The molecule has 1 saturated heterocycles. The van der Waals surface area contributed by atoms with Gasteiger partial charge in [0.05, 0.1) is 11.9 Å². The number of ether oxygens (including phenoxy) is 1. The lowest BCUT2D eigenvalue weighted by Gasteiger charge is -2.22. The molecule has 0 aromatic heterocycles. The van der Waals surface area contributed by atoms with E-state index in [0.29, 0.717) is 5.70 Å². The van der Waals surface area contributed by atoms with Gasteiger partial charge in [-0.1, -0.05) is 12.2 Å². The summed E-state index contributed by atoms with van der Waals surface area (Å²) in [6.07, 6.45) is -1.39.